The van der Waals surface area contributed by atoms with Crippen LogP contribution in [0.2, 0.25) is 0 Å². The SMILES string of the molecule is CCOC(=O)c1ccc2c(C(=O)CCc3ccc(F)cc3)c(C(C)C)n(Cc3ccccn3)c2c1. The van der Waals surface area contributed by atoms with Crippen LogP contribution >= 0.6 is 0 Å². The normalized spacial score (nSPS) is 11.2. The summed E-state index contributed by atoms with van der Waals surface area (Å²) in [5.74, 6) is -0.610. The van der Waals surface area contributed by atoms with E-state index in [1.165, 1.54) is 12.1 Å². The number of ether oxygens (including phenoxy) is 1. The highest BCUT2D eigenvalue weighted by Gasteiger charge is 2.25. The molecule has 0 aliphatic carbocycles. The molecule has 4 rings (SSSR count). The highest BCUT2D eigenvalue weighted by atomic mass is 19.1. The van der Waals surface area contributed by atoms with Gasteiger partial charge in [0.1, 0.15) is 5.82 Å². The van der Waals surface area contributed by atoms with Crippen molar-refractivity contribution in [2.24, 2.45) is 0 Å². The molecule has 0 N–H and O–H groups in total. The van der Waals surface area contributed by atoms with E-state index in [9.17, 15) is 14.0 Å². The van der Waals surface area contributed by atoms with Crippen LogP contribution in [-0.2, 0) is 17.7 Å². The monoisotopic (exact) mass is 472 g/mol. The number of aromatic nitrogens is 2. The van der Waals surface area contributed by atoms with Crippen molar-refractivity contribution in [3.63, 3.8) is 0 Å². The summed E-state index contributed by atoms with van der Waals surface area (Å²) in [6, 6.07) is 17.3. The quantitative estimate of drug-likeness (QED) is 0.211. The first-order valence-electron chi connectivity index (χ1n) is 11.9. The highest BCUT2D eigenvalue weighted by molar-refractivity contribution is 6.11. The maximum atomic E-state index is 13.6. The Morgan fingerprint density at radius 2 is 1.83 bits per heavy atom. The summed E-state index contributed by atoms with van der Waals surface area (Å²) < 4.78 is 20.6. The van der Waals surface area contributed by atoms with Crippen LogP contribution in [-0.4, -0.2) is 27.9 Å². The zero-order valence-corrected chi connectivity index (χ0v) is 20.3. The Labute approximate surface area is 204 Å². The van der Waals surface area contributed by atoms with Crippen LogP contribution in [0.15, 0.2) is 66.9 Å². The molecule has 6 heteroatoms. The molecule has 0 saturated heterocycles. The topological polar surface area (TPSA) is 61.2 Å². The van der Waals surface area contributed by atoms with E-state index in [1.54, 1.807) is 37.4 Å². The van der Waals surface area contributed by atoms with Gasteiger partial charge in [-0.1, -0.05) is 38.1 Å². The molecule has 0 aliphatic rings. The van der Waals surface area contributed by atoms with Crippen molar-refractivity contribution in [3.05, 3.63) is 101 Å². The number of hydrogen-bond donors (Lipinski definition) is 0. The van der Waals surface area contributed by atoms with Gasteiger partial charge in [-0.2, -0.15) is 0 Å². The number of Topliss-reactive ketones (excluding diaryl/α,β-unsaturated/α-hetero) is 1. The predicted octanol–water partition coefficient (Wildman–Crippen LogP) is 6.34. The van der Waals surface area contributed by atoms with E-state index in [1.807, 2.05) is 24.3 Å². The third kappa shape index (κ3) is 5.32. The molecule has 2 aromatic heterocycles. The van der Waals surface area contributed by atoms with Gasteiger partial charge in [0.2, 0.25) is 0 Å². The lowest BCUT2D eigenvalue weighted by Gasteiger charge is -2.15. The van der Waals surface area contributed by atoms with Crippen LogP contribution in [0.3, 0.4) is 0 Å². The number of pyridine rings is 1. The number of carbonyl (C=O) groups is 2. The first-order valence-corrected chi connectivity index (χ1v) is 11.9. The summed E-state index contributed by atoms with van der Waals surface area (Å²) in [5.41, 5.74) is 4.60. The van der Waals surface area contributed by atoms with Gasteiger partial charge >= 0.3 is 5.97 Å². The summed E-state index contributed by atoms with van der Waals surface area (Å²) in [7, 11) is 0. The maximum absolute atomic E-state index is 13.6. The molecule has 0 fully saturated rings. The molecular formula is C29H29FN2O3. The van der Waals surface area contributed by atoms with Gasteiger partial charge in [0.05, 0.1) is 29.9 Å². The minimum atomic E-state index is -0.393. The number of hydrogen-bond acceptors (Lipinski definition) is 4. The van der Waals surface area contributed by atoms with Crippen LogP contribution in [0.1, 0.15) is 70.8 Å². The van der Waals surface area contributed by atoms with E-state index in [0.29, 0.717) is 30.5 Å². The predicted molar refractivity (Wildman–Crippen MR) is 134 cm³/mol. The van der Waals surface area contributed by atoms with E-state index < -0.39 is 5.97 Å². The first kappa shape index (κ1) is 24.3. The van der Waals surface area contributed by atoms with E-state index in [0.717, 1.165) is 27.9 Å². The minimum absolute atomic E-state index is 0.0201. The van der Waals surface area contributed by atoms with Crippen molar-refractivity contribution < 1.29 is 18.7 Å². The van der Waals surface area contributed by atoms with Crippen LogP contribution in [0.5, 0.6) is 0 Å². The fraction of sp³-hybridized carbons (Fsp3) is 0.276. The summed E-state index contributed by atoms with van der Waals surface area (Å²) in [4.78, 5) is 30.6. The number of aryl methyl sites for hydroxylation is 1. The second-order valence-electron chi connectivity index (χ2n) is 8.82. The Hall–Kier alpha value is -3.80. The summed E-state index contributed by atoms with van der Waals surface area (Å²) >= 11 is 0. The lowest BCUT2D eigenvalue weighted by atomic mass is 9.96. The Balaban J connectivity index is 1.81. The van der Waals surface area contributed by atoms with Crippen molar-refractivity contribution >= 4 is 22.7 Å². The largest absolute Gasteiger partial charge is 0.462 e. The zero-order valence-electron chi connectivity index (χ0n) is 20.3. The van der Waals surface area contributed by atoms with Gasteiger partial charge in [0.15, 0.2) is 5.78 Å². The Kier molecular flexibility index (Phi) is 7.39. The first-order chi connectivity index (χ1) is 16.9. The van der Waals surface area contributed by atoms with Gasteiger partial charge in [-0.3, -0.25) is 9.78 Å². The molecule has 180 valence electrons. The molecule has 5 nitrogen and oxygen atoms in total. The smallest absolute Gasteiger partial charge is 0.338 e. The van der Waals surface area contributed by atoms with E-state index in [2.05, 4.69) is 23.4 Å². The van der Waals surface area contributed by atoms with Gasteiger partial charge < -0.3 is 9.30 Å². The lowest BCUT2D eigenvalue weighted by molar-refractivity contribution is 0.0526. The van der Waals surface area contributed by atoms with Gasteiger partial charge in [-0.25, -0.2) is 9.18 Å². The standard InChI is InChI=1S/C29H29FN2O3/c1-4-35-29(34)21-11-14-24-25(17-21)32(18-23-7-5-6-16-31-23)28(19(2)3)27(24)26(33)15-10-20-8-12-22(30)13-9-20/h5-9,11-14,16-17,19H,4,10,15,18H2,1-3H3. The van der Waals surface area contributed by atoms with Crippen molar-refractivity contribution in [2.45, 2.75) is 46.1 Å². The van der Waals surface area contributed by atoms with E-state index in [-0.39, 0.29) is 24.1 Å². The van der Waals surface area contributed by atoms with Crippen molar-refractivity contribution in [1.29, 1.82) is 0 Å². The van der Waals surface area contributed by atoms with E-state index in [4.69, 9.17) is 4.74 Å². The number of carbonyl (C=O) groups excluding carboxylic acids is 2. The fourth-order valence-corrected chi connectivity index (χ4v) is 4.46. The molecule has 2 aromatic carbocycles. The molecule has 0 bridgehead atoms. The summed E-state index contributed by atoms with van der Waals surface area (Å²) in [6.07, 6.45) is 2.56. The molecular weight excluding hydrogens is 443 g/mol. The van der Waals surface area contributed by atoms with Crippen LogP contribution in [0.25, 0.3) is 10.9 Å². The molecule has 2 heterocycles. The number of rotatable bonds is 9. The highest BCUT2D eigenvalue weighted by Crippen LogP contribution is 2.34. The molecule has 0 aliphatic heterocycles. The average Bonchev–Trinajstić information content (AvgIpc) is 3.18. The van der Waals surface area contributed by atoms with Crippen LogP contribution < -0.4 is 0 Å². The van der Waals surface area contributed by atoms with Crippen molar-refractivity contribution in [3.8, 4) is 0 Å². The number of halogens is 1. The summed E-state index contributed by atoms with van der Waals surface area (Å²) in [5, 5.41) is 0.807. The van der Waals surface area contributed by atoms with Gasteiger partial charge in [-0.15, -0.1) is 0 Å². The second kappa shape index (κ2) is 10.6. The summed E-state index contributed by atoms with van der Waals surface area (Å²) in [6.45, 7) is 6.66. The fourth-order valence-electron chi connectivity index (χ4n) is 4.46. The van der Waals surface area contributed by atoms with Crippen LogP contribution in [0.4, 0.5) is 4.39 Å². The van der Waals surface area contributed by atoms with Gasteiger partial charge in [0, 0.05) is 29.3 Å². The molecule has 0 atom stereocenters. The van der Waals surface area contributed by atoms with Gasteiger partial charge in [-0.05, 0) is 61.2 Å². The Morgan fingerprint density at radius 1 is 1.06 bits per heavy atom. The molecule has 35 heavy (non-hydrogen) atoms. The molecule has 0 spiro atoms. The molecule has 0 unspecified atom stereocenters. The second-order valence-corrected chi connectivity index (χ2v) is 8.82. The molecule has 0 saturated carbocycles. The Bertz CT molecular complexity index is 1340. The number of benzene rings is 2. The zero-order chi connectivity index (χ0) is 24.9. The van der Waals surface area contributed by atoms with Crippen molar-refractivity contribution in [2.75, 3.05) is 6.61 Å². The number of ketones is 1. The maximum Gasteiger partial charge on any atom is 0.338 e. The third-order valence-electron chi connectivity index (χ3n) is 6.04. The lowest BCUT2D eigenvalue weighted by Crippen LogP contribution is -2.11. The number of fused-ring (bicyclic) bond motifs is 1. The van der Waals surface area contributed by atoms with E-state index >= 15 is 0 Å². The average molecular weight is 473 g/mol. The van der Waals surface area contributed by atoms with Crippen molar-refractivity contribution in [1.82, 2.24) is 9.55 Å². The minimum Gasteiger partial charge on any atom is -0.462 e. The number of nitrogens with zero attached hydrogens (tertiary/aromatic N) is 2. The van der Waals surface area contributed by atoms with Crippen LogP contribution in [0, 0.1) is 5.82 Å². The molecule has 0 radical (unpaired) electrons. The Morgan fingerprint density at radius 3 is 2.49 bits per heavy atom. The third-order valence-corrected chi connectivity index (χ3v) is 6.04. The molecule has 4 aromatic rings. The van der Waals surface area contributed by atoms with Gasteiger partial charge in [0.25, 0.3) is 0 Å². The number of esters is 1. The molecule has 0 amide bonds.